The Morgan fingerprint density at radius 1 is 1.40 bits per heavy atom. The minimum absolute atomic E-state index is 0.227. The minimum Gasteiger partial charge on any atom is -0.378 e. The Kier molecular flexibility index (Phi) is 6.16. The molecule has 1 heterocycles. The molecule has 0 radical (unpaired) electrons. The summed E-state index contributed by atoms with van der Waals surface area (Å²) in [7, 11) is 0. The molecule has 3 unspecified atom stereocenters. The first-order chi connectivity index (χ1) is 9.60. The normalized spacial score (nSPS) is 24.6. The molecule has 1 fully saturated rings. The number of hydrogen-bond acceptors (Lipinski definition) is 2. The van der Waals surface area contributed by atoms with E-state index in [0.29, 0.717) is 17.2 Å². The van der Waals surface area contributed by atoms with Crippen LogP contribution in [-0.2, 0) is 4.74 Å². The maximum Gasteiger partial charge on any atom is 0.0589 e. The van der Waals surface area contributed by atoms with E-state index in [-0.39, 0.29) is 6.04 Å². The topological polar surface area (TPSA) is 21.3 Å². The molecule has 2 rings (SSSR count). The molecule has 0 saturated carbocycles. The van der Waals surface area contributed by atoms with Gasteiger partial charge in [-0.25, -0.2) is 0 Å². The first-order valence-corrected chi connectivity index (χ1v) is 8.18. The fraction of sp³-hybridized carbons (Fsp3) is 0.625. The van der Waals surface area contributed by atoms with Crippen molar-refractivity contribution in [3.63, 3.8) is 0 Å². The van der Waals surface area contributed by atoms with Crippen LogP contribution >= 0.6 is 23.2 Å². The zero-order valence-corrected chi connectivity index (χ0v) is 13.7. The van der Waals surface area contributed by atoms with E-state index in [1.54, 1.807) is 6.07 Å². The van der Waals surface area contributed by atoms with Crippen molar-refractivity contribution in [1.82, 2.24) is 5.32 Å². The molecule has 0 spiro atoms. The van der Waals surface area contributed by atoms with Gasteiger partial charge < -0.3 is 10.1 Å². The SMILES string of the molecule is CCCC1CC(NC(C)c2ccc(Cl)cc2Cl)CCO1. The van der Waals surface area contributed by atoms with Crippen LogP contribution in [0.25, 0.3) is 0 Å². The Balaban J connectivity index is 1.95. The predicted molar refractivity (Wildman–Crippen MR) is 85.7 cm³/mol. The Bertz CT molecular complexity index is 436. The van der Waals surface area contributed by atoms with E-state index < -0.39 is 0 Å². The summed E-state index contributed by atoms with van der Waals surface area (Å²) in [5.41, 5.74) is 1.11. The third-order valence-corrected chi connectivity index (χ3v) is 4.46. The quantitative estimate of drug-likeness (QED) is 0.826. The molecule has 112 valence electrons. The van der Waals surface area contributed by atoms with Crippen LogP contribution in [0.3, 0.4) is 0 Å². The molecular weight excluding hydrogens is 293 g/mol. The fourth-order valence-corrected chi connectivity index (χ4v) is 3.42. The average molecular weight is 316 g/mol. The van der Waals surface area contributed by atoms with Gasteiger partial charge >= 0.3 is 0 Å². The largest absolute Gasteiger partial charge is 0.378 e. The highest BCUT2D eigenvalue weighted by Gasteiger charge is 2.23. The van der Waals surface area contributed by atoms with Crippen LogP contribution in [-0.4, -0.2) is 18.8 Å². The molecule has 0 aromatic heterocycles. The molecule has 0 aliphatic carbocycles. The van der Waals surface area contributed by atoms with Gasteiger partial charge in [-0.05, 0) is 43.9 Å². The number of ether oxygens (including phenoxy) is 1. The Labute approximate surface area is 131 Å². The van der Waals surface area contributed by atoms with E-state index in [0.717, 1.165) is 36.5 Å². The van der Waals surface area contributed by atoms with Crippen LogP contribution in [0.1, 0.15) is 51.1 Å². The van der Waals surface area contributed by atoms with E-state index in [1.807, 2.05) is 12.1 Å². The number of hydrogen-bond donors (Lipinski definition) is 1. The maximum absolute atomic E-state index is 6.27. The molecule has 1 aromatic carbocycles. The maximum atomic E-state index is 6.27. The van der Waals surface area contributed by atoms with Crippen LogP contribution in [0.5, 0.6) is 0 Å². The predicted octanol–water partition coefficient (Wildman–Crippen LogP) is 4.99. The summed E-state index contributed by atoms with van der Waals surface area (Å²) in [6, 6.07) is 6.43. The third-order valence-electron chi connectivity index (χ3n) is 3.89. The lowest BCUT2D eigenvalue weighted by molar-refractivity contribution is -0.00472. The van der Waals surface area contributed by atoms with Gasteiger partial charge in [-0.15, -0.1) is 0 Å². The number of rotatable bonds is 5. The highest BCUT2D eigenvalue weighted by molar-refractivity contribution is 6.35. The molecule has 1 aromatic rings. The van der Waals surface area contributed by atoms with Crippen LogP contribution in [0, 0.1) is 0 Å². The van der Waals surface area contributed by atoms with Crippen molar-refractivity contribution in [2.45, 2.75) is 57.7 Å². The molecule has 3 atom stereocenters. The zero-order chi connectivity index (χ0) is 14.5. The average Bonchev–Trinajstić information content (AvgIpc) is 2.39. The van der Waals surface area contributed by atoms with Crippen molar-refractivity contribution in [2.75, 3.05) is 6.61 Å². The summed E-state index contributed by atoms with van der Waals surface area (Å²) in [5.74, 6) is 0. The molecule has 20 heavy (non-hydrogen) atoms. The summed E-state index contributed by atoms with van der Waals surface area (Å²) in [5, 5.41) is 5.09. The van der Waals surface area contributed by atoms with Crippen molar-refractivity contribution >= 4 is 23.2 Å². The molecule has 4 heteroatoms. The molecule has 0 bridgehead atoms. The molecular formula is C16H23Cl2NO. The molecule has 0 amide bonds. The van der Waals surface area contributed by atoms with Gasteiger partial charge in [-0.2, -0.15) is 0 Å². The van der Waals surface area contributed by atoms with Crippen LogP contribution in [0.15, 0.2) is 18.2 Å². The minimum atomic E-state index is 0.227. The summed E-state index contributed by atoms with van der Waals surface area (Å²) in [4.78, 5) is 0. The van der Waals surface area contributed by atoms with E-state index in [9.17, 15) is 0 Å². The molecule has 1 saturated heterocycles. The van der Waals surface area contributed by atoms with Gasteiger partial charge in [0.2, 0.25) is 0 Å². The Morgan fingerprint density at radius 2 is 2.20 bits per heavy atom. The van der Waals surface area contributed by atoms with Crippen molar-refractivity contribution in [2.24, 2.45) is 0 Å². The van der Waals surface area contributed by atoms with Gasteiger partial charge in [0, 0.05) is 28.7 Å². The lowest BCUT2D eigenvalue weighted by Crippen LogP contribution is -2.40. The zero-order valence-electron chi connectivity index (χ0n) is 12.2. The van der Waals surface area contributed by atoms with Crippen LogP contribution in [0.4, 0.5) is 0 Å². The second-order valence-corrected chi connectivity index (χ2v) is 6.40. The highest BCUT2D eigenvalue weighted by Crippen LogP contribution is 2.28. The van der Waals surface area contributed by atoms with Gasteiger partial charge in [0.05, 0.1) is 6.10 Å². The third kappa shape index (κ3) is 4.36. The van der Waals surface area contributed by atoms with Crippen LogP contribution in [0.2, 0.25) is 10.0 Å². The van der Waals surface area contributed by atoms with Gasteiger partial charge in [0.15, 0.2) is 0 Å². The smallest absolute Gasteiger partial charge is 0.0589 e. The van der Waals surface area contributed by atoms with E-state index >= 15 is 0 Å². The van der Waals surface area contributed by atoms with E-state index in [2.05, 4.69) is 19.2 Å². The first-order valence-electron chi connectivity index (χ1n) is 7.42. The lowest BCUT2D eigenvalue weighted by atomic mass is 9.98. The van der Waals surface area contributed by atoms with Gasteiger partial charge in [0.1, 0.15) is 0 Å². The van der Waals surface area contributed by atoms with Crippen molar-refractivity contribution in [1.29, 1.82) is 0 Å². The lowest BCUT2D eigenvalue weighted by Gasteiger charge is -2.32. The molecule has 1 aliphatic rings. The summed E-state index contributed by atoms with van der Waals surface area (Å²) < 4.78 is 5.79. The molecule has 1 aliphatic heterocycles. The molecule has 1 N–H and O–H groups in total. The summed E-state index contributed by atoms with van der Waals surface area (Å²) in [6.45, 7) is 5.21. The fourth-order valence-electron chi connectivity index (χ4n) is 2.85. The Morgan fingerprint density at radius 3 is 2.90 bits per heavy atom. The highest BCUT2D eigenvalue weighted by atomic mass is 35.5. The van der Waals surface area contributed by atoms with Crippen molar-refractivity contribution < 1.29 is 4.74 Å². The number of benzene rings is 1. The van der Waals surface area contributed by atoms with E-state index in [1.165, 1.54) is 6.42 Å². The monoisotopic (exact) mass is 315 g/mol. The summed E-state index contributed by atoms with van der Waals surface area (Å²) >= 11 is 12.2. The standard InChI is InChI=1S/C16H23Cl2NO/c1-3-4-14-10-13(7-8-20-14)19-11(2)15-6-5-12(17)9-16(15)18/h5-6,9,11,13-14,19H,3-4,7-8,10H2,1-2H3. The van der Waals surface area contributed by atoms with Crippen LogP contribution < -0.4 is 5.32 Å². The van der Waals surface area contributed by atoms with Gasteiger partial charge in [-0.1, -0.05) is 42.6 Å². The van der Waals surface area contributed by atoms with Gasteiger partial charge in [-0.3, -0.25) is 0 Å². The first kappa shape index (κ1) is 16.1. The number of nitrogens with one attached hydrogen (secondary N) is 1. The second kappa shape index (κ2) is 7.65. The Hall–Kier alpha value is -0.280. The molecule has 2 nitrogen and oxygen atoms in total. The number of halogens is 2. The summed E-state index contributed by atoms with van der Waals surface area (Å²) in [6.07, 6.45) is 4.88. The second-order valence-electron chi connectivity index (χ2n) is 5.56. The van der Waals surface area contributed by atoms with Gasteiger partial charge in [0.25, 0.3) is 0 Å². The van der Waals surface area contributed by atoms with Crippen molar-refractivity contribution in [3.05, 3.63) is 33.8 Å². The van der Waals surface area contributed by atoms with Crippen molar-refractivity contribution in [3.8, 4) is 0 Å². The van der Waals surface area contributed by atoms with E-state index in [4.69, 9.17) is 27.9 Å².